The van der Waals surface area contributed by atoms with E-state index in [0.29, 0.717) is 12.0 Å². The van der Waals surface area contributed by atoms with E-state index < -0.39 is 0 Å². The molecule has 1 heterocycles. The van der Waals surface area contributed by atoms with Crippen LogP contribution in [0.4, 0.5) is 0 Å². The minimum absolute atomic E-state index is 0.575. The number of nitrogens with zero attached hydrogens (tertiary/aromatic N) is 1. The molecule has 2 heteroatoms. The molecule has 1 aliphatic rings. The maximum absolute atomic E-state index is 5.70. The number of benzene rings is 1. The maximum Gasteiger partial charge on any atom is 0.0234 e. The lowest BCUT2D eigenvalue weighted by atomic mass is 9.82. The van der Waals surface area contributed by atoms with E-state index in [1.54, 1.807) is 0 Å². The summed E-state index contributed by atoms with van der Waals surface area (Å²) in [5.41, 5.74) is 8.92. The first-order chi connectivity index (χ1) is 8.71. The van der Waals surface area contributed by atoms with E-state index in [1.165, 1.54) is 43.5 Å². The van der Waals surface area contributed by atoms with Crippen LogP contribution in [0.25, 0.3) is 0 Å². The number of nitrogens with two attached hydrogens (primary N) is 1. The molecule has 0 unspecified atom stereocenters. The molecular weight excluding hydrogens is 220 g/mol. The van der Waals surface area contributed by atoms with Gasteiger partial charge in [-0.2, -0.15) is 0 Å². The highest BCUT2D eigenvalue weighted by Crippen LogP contribution is 2.37. The van der Waals surface area contributed by atoms with Crippen LogP contribution in [0.5, 0.6) is 0 Å². The van der Waals surface area contributed by atoms with Crippen LogP contribution < -0.4 is 5.73 Å². The van der Waals surface area contributed by atoms with Gasteiger partial charge in [0.15, 0.2) is 0 Å². The van der Waals surface area contributed by atoms with Crippen molar-refractivity contribution in [3.05, 3.63) is 35.4 Å². The molecule has 0 radical (unpaired) electrons. The van der Waals surface area contributed by atoms with Crippen LogP contribution in [0.1, 0.15) is 44.2 Å². The summed E-state index contributed by atoms with van der Waals surface area (Å²) in [5, 5.41) is 0. The Morgan fingerprint density at radius 1 is 1.22 bits per heavy atom. The Morgan fingerprint density at radius 2 is 1.94 bits per heavy atom. The van der Waals surface area contributed by atoms with Crippen LogP contribution >= 0.6 is 0 Å². The highest BCUT2D eigenvalue weighted by molar-refractivity contribution is 5.23. The van der Waals surface area contributed by atoms with Crippen LogP contribution in [0.2, 0.25) is 0 Å². The number of hydrogen-bond acceptors (Lipinski definition) is 2. The van der Waals surface area contributed by atoms with Crippen molar-refractivity contribution in [3.63, 3.8) is 0 Å². The minimum atomic E-state index is 0.575. The fourth-order valence-corrected chi connectivity index (χ4v) is 3.10. The normalized spacial score (nSPS) is 19.3. The van der Waals surface area contributed by atoms with Crippen molar-refractivity contribution in [2.75, 3.05) is 13.1 Å². The minimum Gasteiger partial charge on any atom is -0.326 e. The van der Waals surface area contributed by atoms with Crippen molar-refractivity contribution >= 4 is 0 Å². The zero-order chi connectivity index (χ0) is 13.0. The lowest BCUT2D eigenvalue weighted by Gasteiger charge is -2.26. The highest BCUT2D eigenvalue weighted by Gasteiger charge is 2.34. The average Bonchev–Trinajstić information content (AvgIpc) is 2.83. The van der Waals surface area contributed by atoms with E-state index in [-0.39, 0.29) is 0 Å². The molecule has 2 rings (SSSR count). The van der Waals surface area contributed by atoms with Gasteiger partial charge in [0.1, 0.15) is 0 Å². The van der Waals surface area contributed by atoms with Crippen LogP contribution in [0.15, 0.2) is 24.3 Å². The van der Waals surface area contributed by atoms with Crippen LogP contribution in [-0.4, -0.2) is 18.0 Å². The quantitative estimate of drug-likeness (QED) is 0.864. The highest BCUT2D eigenvalue weighted by atomic mass is 15.2. The summed E-state index contributed by atoms with van der Waals surface area (Å²) in [6, 6.07) is 8.70. The average molecular weight is 246 g/mol. The summed E-state index contributed by atoms with van der Waals surface area (Å²) < 4.78 is 0. The first-order valence-corrected chi connectivity index (χ1v) is 7.21. The second-order valence-corrected chi connectivity index (χ2v) is 5.69. The molecule has 2 N–H and O–H groups in total. The Balaban J connectivity index is 1.98. The molecule has 0 saturated carbocycles. The second-order valence-electron chi connectivity index (χ2n) is 5.69. The van der Waals surface area contributed by atoms with Crippen LogP contribution in [0.3, 0.4) is 0 Å². The van der Waals surface area contributed by atoms with Crippen molar-refractivity contribution in [2.24, 2.45) is 11.1 Å². The smallest absolute Gasteiger partial charge is 0.0234 e. The summed E-state index contributed by atoms with van der Waals surface area (Å²) in [6.45, 7) is 8.89. The van der Waals surface area contributed by atoms with Gasteiger partial charge in [0, 0.05) is 19.6 Å². The lowest BCUT2D eigenvalue weighted by molar-refractivity contribution is 0.236. The zero-order valence-electron chi connectivity index (χ0n) is 11.8. The molecule has 1 aromatic rings. The molecule has 18 heavy (non-hydrogen) atoms. The largest absolute Gasteiger partial charge is 0.326 e. The van der Waals surface area contributed by atoms with Gasteiger partial charge in [-0.25, -0.2) is 0 Å². The predicted octanol–water partition coefficient (Wildman–Crippen LogP) is 3.16. The SMILES string of the molecule is CCC1(CC)CCN(Cc2cccc(CN)c2)C1. The standard InChI is InChI=1S/C16H26N2/c1-3-16(4-2)8-9-18(13-16)12-15-7-5-6-14(10-15)11-17/h5-7,10H,3-4,8-9,11-13,17H2,1-2H3. The lowest BCUT2D eigenvalue weighted by Crippen LogP contribution is -2.26. The monoisotopic (exact) mass is 246 g/mol. The first kappa shape index (κ1) is 13.6. The van der Waals surface area contributed by atoms with Crippen molar-refractivity contribution in [1.29, 1.82) is 0 Å². The number of likely N-dealkylation sites (tertiary alicyclic amines) is 1. The van der Waals surface area contributed by atoms with Crippen molar-refractivity contribution < 1.29 is 0 Å². The molecule has 1 aromatic carbocycles. The summed E-state index contributed by atoms with van der Waals surface area (Å²) >= 11 is 0. The summed E-state index contributed by atoms with van der Waals surface area (Å²) in [4.78, 5) is 2.60. The fraction of sp³-hybridized carbons (Fsp3) is 0.625. The Labute approximate surface area is 111 Å². The predicted molar refractivity (Wildman–Crippen MR) is 77.2 cm³/mol. The van der Waals surface area contributed by atoms with Crippen LogP contribution in [-0.2, 0) is 13.1 Å². The molecular formula is C16H26N2. The molecule has 0 bridgehead atoms. The Morgan fingerprint density at radius 3 is 2.56 bits per heavy atom. The molecule has 0 spiro atoms. The van der Waals surface area contributed by atoms with E-state index in [9.17, 15) is 0 Å². The van der Waals surface area contributed by atoms with E-state index in [4.69, 9.17) is 5.73 Å². The summed E-state index contributed by atoms with van der Waals surface area (Å²) in [6.07, 6.45) is 3.97. The van der Waals surface area contributed by atoms with Gasteiger partial charge in [-0.3, -0.25) is 4.90 Å². The third kappa shape index (κ3) is 2.93. The first-order valence-electron chi connectivity index (χ1n) is 7.21. The molecule has 1 fully saturated rings. The van der Waals surface area contributed by atoms with E-state index in [2.05, 4.69) is 43.0 Å². The number of hydrogen-bond donors (Lipinski definition) is 1. The summed E-state index contributed by atoms with van der Waals surface area (Å²) in [7, 11) is 0. The van der Waals surface area contributed by atoms with Gasteiger partial charge in [-0.1, -0.05) is 38.1 Å². The van der Waals surface area contributed by atoms with E-state index in [0.717, 1.165) is 6.54 Å². The van der Waals surface area contributed by atoms with Crippen molar-refractivity contribution in [2.45, 2.75) is 46.2 Å². The molecule has 0 aliphatic carbocycles. The van der Waals surface area contributed by atoms with Gasteiger partial charge in [-0.05, 0) is 42.3 Å². The molecule has 1 aliphatic heterocycles. The van der Waals surface area contributed by atoms with Crippen LogP contribution in [0, 0.1) is 5.41 Å². The Bertz CT molecular complexity index is 382. The number of rotatable bonds is 5. The van der Waals surface area contributed by atoms with Gasteiger partial charge in [0.25, 0.3) is 0 Å². The molecule has 0 aromatic heterocycles. The van der Waals surface area contributed by atoms with Gasteiger partial charge in [0.05, 0.1) is 0 Å². The van der Waals surface area contributed by atoms with Gasteiger partial charge in [-0.15, -0.1) is 0 Å². The van der Waals surface area contributed by atoms with E-state index >= 15 is 0 Å². The Kier molecular flexibility index (Phi) is 4.41. The molecule has 0 atom stereocenters. The third-order valence-electron chi connectivity index (χ3n) is 4.65. The zero-order valence-corrected chi connectivity index (χ0v) is 11.8. The van der Waals surface area contributed by atoms with Crippen molar-refractivity contribution in [3.8, 4) is 0 Å². The van der Waals surface area contributed by atoms with Crippen molar-refractivity contribution in [1.82, 2.24) is 4.90 Å². The second kappa shape index (κ2) is 5.85. The molecule has 1 saturated heterocycles. The molecule has 0 amide bonds. The molecule has 2 nitrogen and oxygen atoms in total. The Hall–Kier alpha value is -0.860. The van der Waals surface area contributed by atoms with E-state index in [1.807, 2.05) is 0 Å². The van der Waals surface area contributed by atoms with Gasteiger partial charge >= 0.3 is 0 Å². The fourth-order valence-electron chi connectivity index (χ4n) is 3.10. The maximum atomic E-state index is 5.70. The van der Waals surface area contributed by atoms with Gasteiger partial charge in [0.2, 0.25) is 0 Å². The third-order valence-corrected chi connectivity index (χ3v) is 4.65. The summed E-state index contributed by atoms with van der Waals surface area (Å²) in [5.74, 6) is 0. The molecule has 100 valence electrons. The van der Waals surface area contributed by atoms with Gasteiger partial charge < -0.3 is 5.73 Å². The topological polar surface area (TPSA) is 29.3 Å².